The van der Waals surface area contributed by atoms with Gasteiger partial charge in [0.25, 0.3) is 0 Å². The van der Waals surface area contributed by atoms with Crippen LogP contribution in [0.25, 0.3) is 0 Å². The molecule has 0 aliphatic carbocycles. The molecule has 2 rings (SSSR count). The van der Waals surface area contributed by atoms with Gasteiger partial charge in [0.1, 0.15) is 12.4 Å². The molecule has 1 aliphatic heterocycles. The first-order valence-electron chi connectivity index (χ1n) is 4.48. The van der Waals surface area contributed by atoms with E-state index in [2.05, 4.69) is 15.3 Å². The Balaban J connectivity index is 2.12. The largest absolute Gasteiger partial charge is 0.327 e. The molecule has 0 radical (unpaired) electrons. The van der Waals surface area contributed by atoms with E-state index in [0.717, 1.165) is 17.2 Å². The van der Waals surface area contributed by atoms with E-state index in [-0.39, 0.29) is 12.5 Å². The van der Waals surface area contributed by atoms with Crippen LogP contribution >= 0.6 is 0 Å². The second kappa shape index (κ2) is 3.25. The summed E-state index contributed by atoms with van der Waals surface area (Å²) in [6.45, 7) is 4.81. The Hall–Kier alpha value is -1.65. The zero-order chi connectivity index (χ0) is 10.1. The number of aromatic nitrogens is 2. The van der Waals surface area contributed by atoms with Crippen molar-refractivity contribution < 1.29 is 4.79 Å². The molecule has 1 N–H and O–H groups in total. The molecule has 0 saturated heterocycles. The highest BCUT2D eigenvalue weighted by molar-refractivity contribution is 6.03. The molecule has 0 spiro atoms. The van der Waals surface area contributed by atoms with Crippen LogP contribution in [0.5, 0.6) is 0 Å². The van der Waals surface area contributed by atoms with Crippen molar-refractivity contribution in [3.05, 3.63) is 17.7 Å². The van der Waals surface area contributed by atoms with Crippen LogP contribution in [-0.2, 0) is 11.3 Å². The van der Waals surface area contributed by atoms with Gasteiger partial charge in [-0.15, -0.1) is 0 Å². The van der Waals surface area contributed by atoms with Crippen molar-refractivity contribution in [2.45, 2.75) is 20.4 Å². The Labute approximate surface area is 81.9 Å². The summed E-state index contributed by atoms with van der Waals surface area (Å²) in [5, 5.41) is 2.70. The number of aliphatic imine (C=N–C) groups is 1. The van der Waals surface area contributed by atoms with Crippen molar-refractivity contribution in [1.82, 2.24) is 14.9 Å². The van der Waals surface area contributed by atoms with Crippen LogP contribution in [0.2, 0.25) is 0 Å². The minimum atomic E-state index is -0.0329. The van der Waals surface area contributed by atoms with Gasteiger partial charge in [-0.2, -0.15) is 0 Å². The topological polar surface area (TPSA) is 59.3 Å². The van der Waals surface area contributed by atoms with Crippen LogP contribution in [0.1, 0.15) is 11.4 Å². The molecule has 0 bridgehead atoms. The average Bonchev–Trinajstić information content (AvgIpc) is 2.67. The van der Waals surface area contributed by atoms with Crippen molar-refractivity contribution in [3.63, 3.8) is 0 Å². The number of nitrogens with one attached hydrogen (secondary N) is 1. The number of hydrogen-bond donors (Lipinski definition) is 1. The highest BCUT2D eigenvalue weighted by Crippen LogP contribution is 2.04. The van der Waals surface area contributed by atoms with Crippen LogP contribution in [0.3, 0.4) is 0 Å². The third-order valence-corrected chi connectivity index (χ3v) is 2.36. The first-order valence-corrected chi connectivity index (χ1v) is 4.48. The second-order valence-corrected chi connectivity index (χ2v) is 3.35. The first kappa shape index (κ1) is 8.93. The van der Waals surface area contributed by atoms with Gasteiger partial charge in [-0.1, -0.05) is 0 Å². The van der Waals surface area contributed by atoms with E-state index >= 15 is 0 Å². The number of imidazole rings is 1. The van der Waals surface area contributed by atoms with E-state index in [1.807, 2.05) is 18.4 Å². The molecule has 0 fully saturated rings. The molecule has 0 saturated carbocycles. The van der Waals surface area contributed by atoms with Gasteiger partial charge in [-0.05, 0) is 13.8 Å². The maximum Gasteiger partial charge on any atom is 0.247 e. The number of nitrogens with zero attached hydrogens (tertiary/aromatic N) is 3. The number of carbonyl (C=O) groups is 1. The fourth-order valence-corrected chi connectivity index (χ4v) is 1.36. The average molecular weight is 192 g/mol. The Morgan fingerprint density at radius 3 is 2.86 bits per heavy atom. The predicted octanol–water partition coefficient (Wildman–Crippen LogP) is 0.0282. The summed E-state index contributed by atoms with van der Waals surface area (Å²) in [7, 11) is 0. The van der Waals surface area contributed by atoms with E-state index in [4.69, 9.17) is 0 Å². The van der Waals surface area contributed by atoms with Gasteiger partial charge < -0.3 is 9.88 Å². The van der Waals surface area contributed by atoms with Gasteiger partial charge in [0.2, 0.25) is 5.91 Å². The fourth-order valence-electron chi connectivity index (χ4n) is 1.36. The number of hydrogen-bond acceptors (Lipinski definition) is 3. The van der Waals surface area contributed by atoms with Gasteiger partial charge >= 0.3 is 0 Å². The lowest BCUT2D eigenvalue weighted by atomic mass is 10.4. The lowest BCUT2D eigenvalue weighted by molar-refractivity contribution is -0.117. The third kappa shape index (κ3) is 1.53. The van der Waals surface area contributed by atoms with Crippen molar-refractivity contribution in [1.29, 1.82) is 0 Å². The molecule has 1 aliphatic rings. The normalized spacial score (nSPS) is 15.6. The van der Waals surface area contributed by atoms with Crippen molar-refractivity contribution in [2.75, 3.05) is 6.54 Å². The minimum absolute atomic E-state index is 0.0329. The summed E-state index contributed by atoms with van der Waals surface area (Å²) in [5.74, 6) is 0.685. The van der Waals surface area contributed by atoms with Gasteiger partial charge in [0.15, 0.2) is 0 Å². The Kier molecular flexibility index (Phi) is 2.07. The Bertz CT molecular complexity index is 405. The minimum Gasteiger partial charge on any atom is -0.327 e. The van der Waals surface area contributed by atoms with Crippen LogP contribution in [-0.4, -0.2) is 27.8 Å². The molecule has 0 unspecified atom stereocenters. The summed E-state index contributed by atoms with van der Waals surface area (Å²) >= 11 is 0. The maximum absolute atomic E-state index is 10.9. The molecule has 0 aromatic carbocycles. The highest BCUT2D eigenvalue weighted by atomic mass is 16.2. The molecule has 5 nitrogen and oxygen atoms in total. The molecule has 1 aromatic heterocycles. The molecule has 5 heteroatoms. The molecule has 1 aromatic rings. The first-order chi connectivity index (χ1) is 6.66. The number of carbonyl (C=O) groups excluding carboxylic acids is 1. The summed E-state index contributed by atoms with van der Waals surface area (Å²) in [4.78, 5) is 19.1. The monoisotopic (exact) mass is 192 g/mol. The smallest absolute Gasteiger partial charge is 0.247 e. The van der Waals surface area contributed by atoms with Gasteiger partial charge in [0, 0.05) is 5.69 Å². The number of rotatable bonds is 2. The molecule has 1 amide bonds. The predicted molar refractivity (Wildman–Crippen MR) is 52.1 cm³/mol. The standard InChI is InChI=1S/C9H12N4O/c1-6-7(2)13(5-11-6)4-8-10-3-9(14)12-8/h5H,3-4H2,1-2H3,(H,10,12,14). The summed E-state index contributed by atoms with van der Waals surface area (Å²) in [5.41, 5.74) is 2.11. The van der Waals surface area contributed by atoms with Crippen molar-refractivity contribution in [2.24, 2.45) is 4.99 Å². The van der Waals surface area contributed by atoms with Crippen LogP contribution < -0.4 is 5.32 Å². The van der Waals surface area contributed by atoms with Gasteiger partial charge in [-0.3, -0.25) is 9.79 Å². The zero-order valence-electron chi connectivity index (χ0n) is 8.24. The zero-order valence-corrected chi connectivity index (χ0v) is 8.24. The molecule has 2 heterocycles. The van der Waals surface area contributed by atoms with Crippen LogP contribution in [0.4, 0.5) is 0 Å². The molecular formula is C9H12N4O. The Morgan fingerprint density at radius 2 is 2.36 bits per heavy atom. The Morgan fingerprint density at radius 1 is 1.57 bits per heavy atom. The lowest BCUT2D eigenvalue weighted by Gasteiger charge is -2.04. The SMILES string of the molecule is Cc1ncn(CC2=NCC(=O)N2)c1C. The van der Waals surface area contributed by atoms with E-state index in [0.29, 0.717) is 6.54 Å². The summed E-state index contributed by atoms with van der Waals surface area (Å²) in [6.07, 6.45) is 1.76. The third-order valence-electron chi connectivity index (χ3n) is 2.36. The van der Waals surface area contributed by atoms with E-state index in [1.54, 1.807) is 6.33 Å². The number of amidine groups is 1. The molecule has 14 heavy (non-hydrogen) atoms. The second-order valence-electron chi connectivity index (χ2n) is 3.35. The van der Waals surface area contributed by atoms with Crippen LogP contribution in [0, 0.1) is 13.8 Å². The maximum atomic E-state index is 10.9. The van der Waals surface area contributed by atoms with Gasteiger partial charge in [0.05, 0.1) is 18.6 Å². The fraction of sp³-hybridized carbons (Fsp3) is 0.444. The van der Waals surface area contributed by atoms with Gasteiger partial charge in [-0.25, -0.2) is 4.98 Å². The lowest BCUT2D eigenvalue weighted by Crippen LogP contribution is -2.28. The van der Waals surface area contributed by atoms with E-state index < -0.39 is 0 Å². The van der Waals surface area contributed by atoms with Crippen LogP contribution in [0.15, 0.2) is 11.3 Å². The van der Waals surface area contributed by atoms with Crippen molar-refractivity contribution >= 4 is 11.7 Å². The summed E-state index contributed by atoms with van der Waals surface area (Å²) in [6, 6.07) is 0. The molecule has 74 valence electrons. The number of aryl methyl sites for hydroxylation is 1. The molecule has 0 atom stereocenters. The summed E-state index contributed by atoms with van der Waals surface area (Å²) < 4.78 is 1.97. The van der Waals surface area contributed by atoms with E-state index in [9.17, 15) is 4.79 Å². The highest BCUT2D eigenvalue weighted by Gasteiger charge is 2.14. The van der Waals surface area contributed by atoms with E-state index in [1.165, 1.54) is 0 Å². The quantitative estimate of drug-likeness (QED) is 0.718. The van der Waals surface area contributed by atoms with Crippen molar-refractivity contribution in [3.8, 4) is 0 Å². The number of amides is 1. The molecular weight excluding hydrogens is 180 g/mol.